The van der Waals surface area contributed by atoms with Crippen LogP contribution in [0.3, 0.4) is 0 Å². The Labute approximate surface area is 93.4 Å². The summed E-state index contributed by atoms with van der Waals surface area (Å²) in [6.45, 7) is 2.14. The summed E-state index contributed by atoms with van der Waals surface area (Å²) in [4.78, 5) is 11.6. The largest absolute Gasteiger partial charge is 0.297 e. The van der Waals surface area contributed by atoms with E-state index in [1.165, 1.54) is 16.9 Å². The first-order valence-electron chi connectivity index (χ1n) is 4.97. The average molecular weight is 216 g/mol. The molecule has 0 aliphatic rings. The maximum absolute atomic E-state index is 10.8. The predicted octanol–water partition coefficient (Wildman–Crippen LogP) is 3.79. The maximum atomic E-state index is 10.8. The van der Waals surface area contributed by atoms with Gasteiger partial charge >= 0.3 is 0 Å². The van der Waals surface area contributed by atoms with Gasteiger partial charge in [0.25, 0.3) is 0 Å². The lowest BCUT2D eigenvalue weighted by molar-refractivity contribution is 0.112. The zero-order valence-electron chi connectivity index (χ0n) is 8.57. The molecular weight excluding hydrogens is 204 g/mol. The molecule has 1 aromatic carbocycles. The number of rotatable bonds is 3. The molecule has 0 aliphatic heterocycles. The third-order valence-electron chi connectivity index (χ3n) is 2.48. The molecule has 2 rings (SSSR count). The third kappa shape index (κ3) is 2.00. The van der Waals surface area contributed by atoms with Crippen molar-refractivity contribution in [1.29, 1.82) is 0 Å². The average Bonchev–Trinajstić information content (AvgIpc) is 2.77. The van der Waals surface area contributed by atoms with Crippen LogP contribution in [0.2, 0.25) is 0 Å². The van der Waals surface area contributed by atoms with Crippen molar-refractivity contribution in [3.8, 4) is 11.1 Å². The molecule has 0 bridgehead atoms. The van der Waals surface area contributed by atoms with Gasteiger partial charge in [-0.1, -0.05) is 31.2 Å². The van der Waals surface area contributed by atoms with Crippen molar-refractivity contribution in [2.75, 3.05) is 0 Å². The Hall–Kier alpha value is -1.41. The summed E-state index contributed by atoms with van der Waals surface area (Å²) in [5.41, 5.74) is 3.48. The van der Waals surface area contributed by atoms with Gasteiger partial charge in [-0.05, 0) is 29.0 Å². The Kier molecular flexibility index (Phi) is 2.97. The van der Waals surface area contributed by atoms with Crippen LogP contribution < -0.4 is 0 Å². The van der Waals surface area contributed by atoms with Crippen LogP contribution in [-0.2, 0) is 6.42 Å². The highest BCUT2D eigenvalue weighted by Crippen LogP contribution is 2.27. The van der Waals surface area contributed by atoms with Crippen LogP contribution in [0.25, 0.3) is 11.1 Å². The van der Waals surface area contributed by atoms with Gasteiger partial charge in [0.15, 0.2) is 6.29 Å². The molecule has 0 aliphatic carbocycles. The molecule has 0 atom stereocenters. The molecule has 2 heteroatoms. The lowest BCUT2D eigenvalue weighted by atomic mass is 10.0. The first kappa shape index (κ1) is 10.1. The molecule has 2 aromatic rings. The summed E-state index contributed by atoms with van der Waals surface area (Å²) in [5, 5.41) is 1.95. The molecule has 1 nitrogen and oxygen atoms in total. The van der Waals surface area contributed by atoms with Gasteiger partial charge < -0.3 is 0 Å². The highest BCUT2D eigenvalue weighted by molar-refractivity contribution is 7.12. The van der Waals surface area contributed by atoms with Gasteiger partial charge in [-0.25, -0.2) is 0 Å². The number of aryl methyl sites for hydroxylation is 1. The highest BCUT2D eigenvalue weighted by atomic mass is 32.1. The van der Waals surface area contributed by atoms with Crippen molar-refractivity contribution in [3.05, 3.63) is 46.2 Å². The fraction of sp³-hybridized carbons (Fsp3) is 0.154. The highest BCUT2D eigenvalue weighted by Gasteiger charge is 2.05. The molecule has 0 saturated heterocycles. The van der Waals surface area contributed by atoms with E-state index in [4.69, 9.17) is 0 Å². The zero-order chi connectivity index (χ0) is 10.7. The Morgan fingerprint density at radius 3 is 2.53 bits per heavy atom. The van der Waals surface area contributed by atoms with Gasteiger partial charge in [0.1, 0.15) is 0 Å². The number of carbonyl (C=O) groups is 1. The van der Waals surface area contributed by atoms with E-state index in [-0.39, 0.29) is 0 Å². The molecule has 76 valence electrons. The van der Waals surface area contributed by atoms with Gasteiger partial charge in [-0.2, -0.15) is 0 Å². The van der Waals surface area contributed by atoms with Crippen LogP contribution in [0.4, 0.5) is 0 Å². The van der Waals surface area contributed by atoms with Gasteiger partial charge in [0.05, 0.1) is 4.88 Å². The quantitative estimate of drug-likeness (QED) is 0.713. The second-order valence-electron chi connectivity index (χ2n) is 3.37. The smallest absolute Gasteiger partial charge is 0.160 e. The predicted molar refractivity (Wildman–Crippen MR) is 64.5 cm³/mol. The van der Waals surface area contributed by atoms with E-state index >= 15 is 0 Å². The minimum absolute atomic E-state index is 0.805. The van der Waals surface area contributed by atoms with E-state index in [1.54, 1.807) is 0 Å². The van der Waals surface area contributed by atoms with Crippen molar-refractivity contribution in [1.82, 2.24) is 0 Å². The first-order chi connectivity index (χ1) is 7.35. The van der Waals surface area contributed by atoms with Crippen molar-refractivity contribution in [3.63, 3.8) is 0 Å². The van der Waals surface area contributed by atoms with Crippen LogP contribution in [0.15, 0.2) is 35.7 Å². The molecule has 1 heterocycles. The number of carbonyl (C=O) groups excluding carboxylic acids is 1. The fourth-order valence-electron chi connectivity index (χ4n) is 1.57. The molecule has 0 N–H and O–H groups in total. The third-order valence-corrected chi connectivity index (χ3v) is 3.32. The van der Waals surface area contributed by atoms with E-state index in [0.29, 0.717) is 0 Å². The SMILES string of the molecule is CCc1ccc(-c2ccsc2C=O)cc1. The van der Waals surface area contributed by atoms with Gasteiger partial charge in [-0.3, -0.25) is 4.79 Å². The van der Waals surface area contributed by atoms with Crippen LogP contribution in [0, 0.1) is 0 Å². The summed E-state index contributed by atoms with van der Waals surface area (Å²) in [6, 6.07) is 10.4. The molecule has 1 aromatic heterocycles. The van der Waals surface area contributed by atoms with E-state index in [1.807, 2.05) is 11.4 Å². The van der Waals surface area contributed by atoms with E-state index in [2.05, 4.69) is 31.2 Å². The first-order valence-corrected chi connectivity index (χ1v) is 5.85. The summed E-state index contributed by atoms with van der Waals surface area (Å²) in [5.74, 6) is 0. The molecule has 0 saturated carbocycles. The molecule has 0 radical (unpaired) electrons. The topological polar surface area (TPSA) is 17.1 Å². The van der Waals surface area contributed by atoms with Crippen molar-refractivity contribution in [2.24, 2.45) is 0 Å². The lowest BCUT2D eigenvalue weighted by Gasteiger charge is -2.01. The monoisotopic (exact) mass is 216 g/mol. The van der Waals surface area contributed by atoms with Crippen LogP contribution in [0.5, 0.6) is 0 Å². The van der Waals surface area contributed by atoms with E-state index in [9.17, 15) is 4.79 Å². The number of hydrogen-bond acceptors (Lipinski definition) is 2. The summed E-state index contributed by atoms with van der Waals surface area (Å²) in [7, 11) is 0. The van der Waals surface area contributed by atoms with Crippen LogP contribution in [-0.4, -0.2) is 6.29 Å². The van der Waals surface area contributed by atoms with E-state index in [0.717, 1.165) is 28.7 Å². The van der Waals surface area contributed by atoms with Gasteiger partial charge in [0, 0.05) is 5.56 Å². The van der Waals surface area contributed by atoms with Crippen LogP contribution in [0.1, 0.15) is 22.2 Å². The minimum Gasteiger partial charge on any atom is -0.297 e. The summed E-state index contributed by atoms with van der Waals surface area (Å²) >= 11 is 1.49. The molecule has 15 heavy (non-hydrogen) atoms. The Balaban J connectivity index is 2.41. The van der Waals surface area contributed by atoms with Crippen molar-refractivity contribution < 1.29 is 4.79 Å². The molecule has 0 spiro atoms. The summed E-state index contributed by atoms with van der Waals surface area (Å²) < 4.78 is 0. The molecule has 0 unspecified atom stereocenters. The Bertz CT molecular complexity index is 454. The molecule has 0 fully saturated rings. The lowest BCUT2D eigenvalue weighted by Crippen LogP contribution is -1.82. The second kappa shape index (κ2) is 4.41. The maximum Gasteiger partial charge on any atom is 0.160 e. The number of hydrogen-bond donors (Lipinski definition) is 0. The normalized spacial score (nSPS) is 10.2. The van der Waals surface area contributed by atoms with Crippen molar-refractivity contribution in [2.45, 2.75) is 13.3 Å². The Morgan fingerprint density at radius 1 is 1.20 bits per heavy atom. The van der Waals surface area contributed by atoms with Gasteiger partial charge in [0.2, 0.25) is 0 Å². The number of benzene rings is 1. The number of aldehydes is 1. The number of thiophene rings is 1. The second-order valence-corrected chi connectivity index (χ2v) is 4.31. The molecule has 0 amide bonds. The standard InChI is InChI=1S/C13H12OS/c1-2-10-3-5-11(6-4-10)12-7-8-15-13(12)9-14/h3-9H,2H2,1H3. The Morgan fingerprint density at radius 2 is 1.93 bits per heavy atom. The fourth-order valence-corrected chi connectivity index (χ4v) is 2.29. The zero-order valence-corrected chi connectivity index (χ0v) is 9.38. The van der Waals surface area contributed by atoms with Crippen molar-refractivity contribution >= 4 is 17.6 Å². The molecular formula is C13H12OS. The summed E-state index contributed by atoms with van der Waals surface area (Å²) in [6.07, 6.45) is 1.97. The van der Waals surface area contributed by atoms with Crippen LogP contribution >= 0.6 is 11.3 Å². The van der Waals surface area contributed by atoms with E-state index < -0.39 is 0 Å². The van der Waals surface area contributed by atoms with Gasteiger partial charge in [-0.15, -0.1) is 11.3 Å². The minimum atomic E-state index is 0.805.